The number of Topliss-reactive ketones (excluding diaryl/α,β-unsaturated/α-hetero) is 1. The first-order valence-corrected chi connectivity index (χ1v) is 6.58. The molecule has 1 heterocycles. The van der Waals surface area contributed by atoms with Crippen molar-refractivity contribution < 1.29 is 13.4 Å². The predicted molar refractivity (Wildman–Crippen MR) is 65.8 cm³/mol. The summed E-state index contributed by atoms with van der Waals surface area (Å²) < 4.78 is 16.9. The lowest BCUT2D eigenvalue weighted by molar-refractivity contribution is 0.0991. The minimum absolute atomic E-state index is 0.128. The Labute approximate surface area is 106 Å². The Morgan fingerprint density at radius 3 is 2.65 bits per heavy atom. The van der Waals surface area contributed by atoms with Crippen LogP contribution in [0.4, 0.5) is 0 Å². The maximum atomic E-state index is 11.9. The van der Waals surface area contributed by atoms with Gasteiger partial charge in [0.1, 0.15) is 0 Å². The summed E-state index contributed by atoms with van der Waals surface area (Å²) in [5.74, 6) is -0.212. The summed E-state index contributed by atoms with van der Waals surface area (Å²) in [7, 11) is -1.45. The van der Waals surface area contributed by atoms with Crippen LogP contribution in [0.25, 0.3) is 0 Å². The van der Waals surface area contributed by atoms with Crippen LogP contribution < -0.4 is 0 Å². The molecule has 0 saturated carbocycles. The number of benzene rings is 1. The lowest BCUT2D eigenvalue weighted by Crippen LogP contribution is -2.10. The molecule has 0 amide bonds. The maximum absolute atomic E-state index is 11.9. The summed E-state index contributed by atoms with van der Waals surface area (Å²) in [5, 5.41) is 0.401. The highest BCUT2D eigenvalue weighted by Gasteiger charge is 2.16. The topological polar surface area (TPSA) is 47.3 Å². The van der Waals surface area contributed by atoms with Crippen molar-refractivity contribution in [3.8, 4) is 0 Å². The van der Waals surface area contributed by atoms with Gasteiger partial charge in [-0.15, -0.1) is 0 Å². The van der Waals surface area contributed by atoms with Crippen LogP contribution in [0, 0.1) is 0 Å². The number of rotatable bonds is 4. The number of furan rings is 1. The van der Waals surface area contributed by atoms with Gasteiger partial charge in [-0.25, -0.2) is 0 Å². The van der Waals surface area contributed by atoms with Crippen molar-refractivity contribution in [3.05, 3.63) is 53.4 Å². The zero-order valence-corrected chi connectivity index (χ0v) is 10.3. The van der Waals surface area contributed by atoms with Gasteiger partial charge in [-0.1, -0.05) is 23.7 Å². The van der Waals surface area contributed by atoms with Crippen LogP contribution in [0.2, 0.25) is 5.02 Å². The van der Waals surface area contributed by atoms with Crippen LogP contribution >= 0.6 is 11.6 Å². The lowest BCUT2D eigenvalue weighted by atomic mass is 10.3. The SMILES string of the molecule is O=C(CS(=O)c1ccccc1Cl)c1ccco1. The van der Waals surface area contributed by atoms with Crippen LogP contribution in [-0.2, 0) is 10.8 Å². The van der Waals surface area contributed by atoms with E-state index in [-0.39, 0.29) is 17.3 Å². The molecule has 0 aliphatic carbocycles. The maximum Gasteiger partial charge on any atom is 0.210 e. The van der Waals surface area contributed by atoms with Crippen molar-refractivity contribution in [1.82, 2.24) is 0 Å². The molecule has 0 radical (unpaired) electrons. The molecule has 0 N–H and O–H groups in total. The Hall–Kier alpha value is -1.39. The Morgan fingerprint density at radius 1 is 1.24 bits per heavy atom. The minimum atomic E-state index is -1.45. The molecule has 1 atom stereocenters. The number of halogens is 1. The summed E-state index contributed by atoms with van der Waals surface area (Å²) >= 11 is 5.90. The van der Waals surface area contributed by atoms with Gasteiger partial charge in [-0.3, -0.25) is 9.00 Å². The van der Waals surface area contributed by atoms with Gasteiger partial charge in [-0.05, 0) is 24.3 Å². The van der Waals surface area contributed by atoms with Crippen LogP contribution in [0.15, 0.2) is 52.0 Å². The molecule has 17 heavy (non-hydrogen) atoms. The van der Waals surface area contributed by atoms with Gasteiger partial charge in [0, 0.05) is 0 Å². The zero-order valence-electron chi connectivity index (χ0n) is 8.76. The number of carbonyl (C=O) groups is 1. The van der Waals surface area contributed by atoms with E-state index in [1.165, 1.54) is 6.26 Å². The van der Waals surface area contributed by atoms with Gasteiger partial charge in [0.2, 0.25) is 5.78 Å². The zero-order chi connectivity index (χ0) is 12.3. The molecule has 2 aromatic rings. The predicted octanol–water partition coefficient (Wildman–Crippen LogP) is 2.92. The van der Waals surface area contributed by atoms with E-state index in [1.807, 2.05) is 0 Å². The minimum Gasteiger partial charge on any atom is -0.461 e. The second-order valence-electron chi connectivity index (χ2n) is 3.32. The molecule has 88 valence electrons. The standard InChI is InChI=1S/C12H9ClO3S/c13-9-4-1-2-6-12(9)17(15)8-10(14)11-5-3-7-16-11/h1-7H,8H2. The summed E-state index contributed by atoms with van der Waals surface area (Å²) in [6.45, 7) is 0. The normalized spacial score (nSPS) is 12.3. The second-order valence-corrected chi connectivity index (χ2v) is 5.15. The molecule has 1 aromatic carbocycles. The molecular formula is C12H9ClO3S. The molecule has 5 heteroatoms. The van der Waals surface area contributed by atoms with Crippen molar-refractivity contribution >= 4 is 28.2 Å². The monoisotopic (exact) mass is 268 g/mol. The molecular weight excluding hydrogens is 260 g/mol. The molecule has 0 aliphatic heterocycles. The van der Waals surface area contributed by atoms with E-state index in [0.29, 0.717) is 9.92 Å². The first-order chi connectivity index (χ1) is 8.18. The van der Waals surface area contributed by atoms with E-state index >= 15 is 0 Å². The van der Waals surface area contributed by atoms with E-state index < -0.39 is 10.8 Å². The molecule has 0 saturated heterocycles. The van der Waals surface area contributed by atoms with Gasteiger partial charge in [0.25, 0.3) is 0 Å². The van der Waals surface area contributed by atoms with Crippen LogP contribution in [0.3, 0.4) is 0 Å². The van der Waals surface area contributed by atoms with Crippen LogP contribution in [-0.4, -0.2) is 15.7 Å². The Morgan fingerprint density at radius 2 is 2.00 bits per heavy atom. The summed E-state index contributed by atoms with van der Waals surface area (Å²) in [6, 6.07) is 9.94. The summed E-state index contributed by atoms with van der Waals surface area (Å²) in [6.07, 6.45) is 1.41. The number of hydrogen-bond donors (Lipinski definition) is 0. The fourth-order valence-corrected chi connectivity index (χ4v) is 2.78. The highest BCUT2D eigenvalue weighted by atomic mass is 35.5. The van der Waals surface area contributed by atoms with E-state index in [4.69, 9.17) is 16.0 Å². The first-order valence-electron chi connectivity index (χ1n) is 4.88. The fourth-order valence-electron chi connectivity index (χ4n) is 1.33. The highest BCUT2D eigenvalue weighted by Crippen LogP contribution is 2.19. The van der Waals surface area contributed by atoms with Gasteiger partial charge >= 0.3 is 0 Å². The quantitative estimate of drug-likeness (QED) is 0.801. The Bertz CT molecular complexity index is 549. The summed E-state index contributed by atoms with van der Waals surface area (Å²) in [4.78, 5) is 12.1. The largest absolute Gasteiger partial charge is 0.461 e. The molecule has 0 spiro atoms. The van der Waals surface area contributed by atoms with Crippen molar-refractivity contribution in [2.75, 3.05) is 5.75 Å². The van der Waals surface area contributed by atoms with Gasteiger partial charge < -0.3 is 4.42 Å². The van der Waals surface area contributed by atoms with E-state index in [9.17, 15) is 9.00 Å². The van der Waals surface area contributed by atoms with E-state index in [0.717, 1.165) is 0 Å². The molecule has 2 rings (SSSR count). The van der Waals surface area contributed by atoms with Crippen molar-refractivity contribution in [2.45, 2.75) is 4.90 Å². The molecule has 0 bridgehead atoms. The molecule has 1 unspecified atom stereocenters. The molecule has 3 nitrogen and oxygen atoms in total. The first kappa shape index (κ1) is 12.1. The van der Waals surface area contributed by atoms with Gasteiger partial charge in [0.05, 0.1) is 32.7 Å². The Balaban J connectivity index is 2.13. The average Bonchev–Trinajstić information content (AvgIpc) is 2.82. The molecule has 0 fully saturated rings. The van der Waals surface area contributed by atoms with Crippen molar-refractivity contribution in [1.29, 1.82) is 0 Å². The molecule has 1 aromatic heterocycles. The second kappa shape index (κ2) is 5.29. The highest BCUT2D eigenvalue weighted by molar-refractivity contribution is 7.86. The fraction of sp³-hybridized carbons (Fsp3) is 0.0833. The third kappa shape index (κ3) is 2.84. The number of hydrogen-bond acceptors (Lipinski definition) is 3. The summed E-state index contributed by atoms with van der Waals surface area (Å²) in [5.41, 5.74) is 0. The van der Waals surface area contributed by atoms with Crippen LogP contribution in [0.1, 0.15) is 10.6 Å². The van der Waals surface area contributed by atoms with Gasteiger partial charge in [-0.2, -0.15) is 0 Å². The lowest BCUT2D eigenvalue weighted by Gasteiger charge is -2.02. The smallest absolute Gasteiger partial charge is 0.210 e. The Kier molecular flexibility index (Phi) is 3.76. The number of carbonyl (C=O) groups excluding carboxylic acids is 1. The van der Waals surface area contributed by atoms with Gasteiger partial charge in [0.15, 0.2) is 5.76 Å². The third-order valence-corrected chi connectivity index (χ3v) is 3.95. The van der Waals surface area contributed by atoms with E-state index in [1.54, 1.807) is 36.4 Å². The average molecular weight is 269 g/mol. The van der Waals surface area contributed by atoms with Crippen molar-refractivity contribution in [2.24, 2.45) is 0 Å². The third-order valence-electron chi connectivity index (χ3n) is 2.14. The molecule has 0 aliphatic rings. The number of ketones is 1. The van der Waals surface area contributed by atoms with Crippen LogP contribution in [0.5, 0.6) is 0 Å². The van der Waals surface area contributed by atoms with Crippen molar-refractivity contribution in [3.63, 3.8) is 0 Å². The van der Waals surface area contributed by atoms with E-state index in [2.05, 4.69) is 0 Å².